The Hall–Kier alpha value is -1.03. The normalized spacial score (nSPS) is 12.0. The predicted octanol–water partition coefficient (Wildman–Crippen LogP) is 3.99. The Kier molecular flexibility index (Phi) is 15.0. The van der Waals surface area contributed by atoms with E-state index in [0.717, 1.165) is 18.4 Å². The van der Waals surface area contributed by atoms with Gasteiger partial charge in [-0.15, -0.1) is 0 Å². The van der Waals surface area contributed by atoms with Crippen LogP contribution in [-0.4, -0.2) is 49.7 Å². The average molecular weight is 446 g/mol. The van der Waals surface area contributed by atoms with Crippen molar-refractivity contribution in [3.63, 3.8) is 0 Å². The van der Waals surface area contributed by atoms with Gasteiger partial charge in [-0.3, -0.25) is 9.68 Å². The molecule has 0 heterocycles. The average Bonchev–Trinajstić information content (AvgIpc) is 2.75. The lowest BCUT2D eigenvalue weighted by atomic mass is 10.0. The highest BCUT2D eigenvalue weighted by molar-refractivity contribution is 7.88. The summed E-state index contributed by atoms with van der Waals surface area (Å²) in [5.74, 6) is 0. The van der Waals surface area contributed by atoms with Gasteiger partial charge in [-0.2, -0.15) is 0 Å². The molecule has 0 atom stereocenters. The SMILES string of the molecule is CCCCCCCCCCCCc1ccc(S(=O)(=O)N(OCCO)OCCO)cc1. The fraction of sp³-hybridized carbons (Fsp3) is 0.727. The molecule has 2 N–H and O–H groups in total. The molecule has 0 bridgehead atoms. The lowest BCUT2D eigenvalue weighted by molar-refractivity contribution is -0.305. The van der Waals surface area contributed by atoms with Crippen molar-refractivity contribution in [2.45, 2.75) is 82.4 Å². The Morgan fingerprint density at radius 1 is 0.767 bits per heavy atom. The molecular weight excluding hydrogens is 406 g/mol. The van der Waals surface area contributed by atoms with E-state index in [1.807, 2.05) is 0 Å². The number of aliphatic hydroxyl groups is 2. The zero-order valence-electron chi connectivity index (χ0n) is 18.3. The number of aliphatic hydroxyl groups excluding tert-OH is 2. The summed E-state index contributed by atoms with van der Waals surface area (Å²) in [6.07, 6.45) is 13.8. The molecule has 0 amide bonds. The minimum Gasteiger partial charge on any atom is -0.394 e. The number of nitrogens with zero attached hydrogens (tertiary/aromatic N) is 1. The molecule has 0 radical (unpaired) electrons. The molecule has 0 saturated carbocycles. The standard InChI is InChI=1S/C22H39NO6S/c1-2-3-4-5-6-7-8-9-10-11-12-21-13-15-22(16-14-21)30(26,27)23(28-19-17-24)29-20-18-25/h13-16,24-25H,2-12,17-20H2,1H3. The highest BCUT2D eigenvalue weighted by atomic mass is 32.2. The summed E-state index contributed by atoms with van der Waals surface area (Å²) in [6.45, 7) is 1.06. The van der Waals surface area contributed by atoms with Crippen molar-refractivity contribution in [1.29, 1.82) is 0 Å². The van der Waals surface area contributed by atoms with Gasteiger partial charge in [-0.05, 0) is 30.5 Å². The summed E-state index contributed by atoms with van der Waals surface area (Å²) in [6, 6.07) is 6.66. The largest absolute Gasteiger partial charge is 0.394 e. The van der Waals surface area contributed by atoms with E-state index in [1.165, 1.54) is 69.9 Å². The number of aryl methyl sites for hydroxylation is 1. The zero-order chi connectivity index (χ0) is 22.1. The Morgan fingerprint density at radius 2 is 1.23 bits per heavy atom. The summed E-state index contributed by atoms with van der Waals surface area (Å²) in [7, 11) is -4.04. The molecule has 0 aliphatic rings. The molecule has 174 valence electrons. The lowest BCUT2D eigenvalue weighted by Gasteiger charge is -2.19. The quantitative estimate of drug-likeness (QED) is 0.247. The number of unbranched alkanes of at least 4 members (excludes halogenated alkanes) is 9. The van der Waals surface area contributed by atoms with Gasteiger partial charge >= 0.3 is 0 Å². The smallest absolute Gasteiger partial charge is 0.288 e. The van der Waals surface area contributed by atoms with E-state index in [4.69, 9.17) is 19.9 Å². The number of hydrogen-bond donors (Lipinski definition) is 2. The van der Waals surface area contributed by atoms with Crippen molar-refractivity contribution < 1.29 is 28.3 Å². The van der Waals surface area contributed by atoms with Crippen LogP contribution >= 0.6 is 0 Å². The van der Waals surface area contributed by atoms with E-state index < -0.39 is 10.0 Å². The van der Waals surface area contributed by atoms with Crippen LogP contribution in [0.1, 0.15) is 76.7 Å². The van der Waals surface area contributed by atoms with Crippen LogP contribution in [0.15, 0.2) is 29.2 Å². The first-order valence-electron chi connectivity index (χ1n) is 11.2. The van der Waals surface area contributed by atoms with E-state index in [0.29, 0.717) is 4.63 Å². The molecule has 8 heteroatoms. The Balaban J connectivity index is 2.39. The fourth-order valence-corrected chi connectivity index (χ4v) is 4.22. The molecular formula is C22H39NO6S. The second kappa shape index (κ2) is 16.6. The maximum absolute atomic E-state index is 12.6. The third-order valence-electron chi connectivity index (χ3n) is 4.81. The van der Waals surface area contributed by atoms with Gasteiger partial charge < -0.3 is 10.2 Å². The van der Waals surface area contributed by atoms with Gasteiger partial charge in [0.05, 0.1) is 36.0 Å². The van der Waals surface area contributed by atoms with Gasteiger partial charge in [-0.25, -0.2) is 8.42 Å². The van der Waals surface area contributed by atoms with Gasteiger partial charge in [0.2, 0.25) is 0 Å². The third-order valence-corrected chi connectivity index (χ3v) is 6.28. The number of hydrogen-bond acceptors (Lipinski definition) is 6. The maximum atomic E-state index is 12.6. The first-order chi connectivity index (χ1) is 14.6. The molecule has 0 unspecified atom stereocenters. The lowest BCUT2D eigenvalue weighted by Crippen LogP contribution is -2.33. The van der Waals surface area contributed by atoms with E-state index in [-0.39, 0.29) is 31.3 Å². The fourth-order valence-electron chi connectivity index (χ4n) is 3.14. The van der Waals surface area contributed by atoms with Crippen LogP contribution < -0.4 is 0 Å². The number of benzene rings is 1. The van der Waals surface area contributed by atoms with E-state index in [9.17, 15) is 8.42 Å². The van der Waals surface area contributed by atoms with Crippen molar-refractivity contribution in [3.8, 4) is 0 Å². The molecule has 0 fully saturated rings. The second-order valence-electron chi connectivity index (χ2n) is 7.39. The molecule has 0 saturated heterocycles. The van der Waals surface area contributed by atoms with Crippen molar-refractivity contribution in [2.75, 3.05) is 26.4 Å². The summed E-state index contributed by atoms with van der Waals surface area (Å²) in [5.41, 5.74) is 1.09. The summed E-state index contributed by atoms with van der Waals surface area (Å²) in [5, 5.41) is 17.7. The highest BCUT2D eigenvalue weighted by Gasteiger charge is 2.27. The molecule has 0 aliphatic carbocycles. The van der Waals surface area contributed by atoms with Crippen LogP contribution in [0, 0.1) is 0 Å². The first kappa shape index (κ1) is 27.0. The monoisotopic (exact) mass is 445 g/mol. The molecule has 1 rings (SSSR count). The van der Waals surface area contributed by atoms with Gasteiger partial charge in [0.1, 0.15) is 0 Å². The molecule has 7 nitrogen and oxygen atoms in total. The van der Waals surface area contributed by atoms with Crippen LogP contribution in [0.2, 0.25) is 0 Å². The van der Waals surface area contributed by atoms with Crippen molar-refractivity contribution in [1.82, 2.24) is 4.63 Å². The Morgan fingerprint density at radius 3 is 1.70 bits per heavy atom. The van der Waals surface area contributed by atoms with Gasteiger partial charge in [0.25, 0.3) is 10.0 Å². The molecule has 0 aliphatic heterocycles. The van der Waals surface area contributed by atoms with Crippen molar-refractivity contribution in [3.05, 3.63) is 29.8 Å². The molecule has 0 spiro atoms. The first-order valence-corrected chi connectivity index (χ1v) is 12.6. The highest BCUT2D eigenvalue weighted by Crippen LogP contribution is 2.19. The van der Waals surface area contributed by atoms with Crippen LogP contribution in [0.5, 0.6) is 0 Å². The third kappa shape index (κ3) is 10.8. The molecule has 0 aromatic heterocycles. The van der Waals surface area contributed by atoms with Crippen LogP contribution in [0.3, 0.4) is 0 Å². The Bertz CT molecular complexity index is 628. The van der Waals surface area contributed by atoms with Crippen LogP contribution in [-0.2, 0) is 26.1 Å². The van der Waals surface area contributed by atoms with Gasteiger partial charge in [0.15, 0.2) is 0 Å². The van der Waals surface area contributed by atoms with Gasteiger partial charge in [0, 0.05) is 0 Å². The van der Waals surface area contributed by atoms with Crippen molar-refractivity contribution >= 4 is 10.0 Å². The topological polar surface area (TPSA) is 96.3 Å². The van der Waals surface area contributed by atoms with Crippen LogP contribution in [0.25, 0.3) is 0 Å². The maximum Gasteiger partial charge on any atom is 0.288 e. The minimum atomic E-state index is -4.04. The van der Waals surface area contributed by atoms with Gasteiger partial charge in [-0.1, -0.05) is 76.8 Å². The number of rotatable bonds is 19. The van der Waals surface area contributed by atoms with E-state index >= 15 is 0 Å². The summed E-state index contributed by atoms with van der Waals surface area (Å²) >= 11 is 0. The second-order valence-corrected chi connectivity index (χ2v) is 9.11. The minimum absolute atomic E-state index is 0.0326. The Labute approximate surface area is 182 Å². The number of sulfonamides is 1. The van der Waals surface area contributed by atoms with Crippen LogP contribution in [0.4, 0.5) is 0 Å². The van der Waals surface area contributed by atoms with E-state index in [1.54, 1.807) is 12.1 Å². The summed E-state index contributed by atoms with van der Waals surface area (Å²) in [4.78, 5) is 9.92. The zero-order valence-corrected chi connectivity index (χ0v) is 19.1. The van der Waals surface area contributed by atoms with Crippen molar-refractivity contribution in [2.24, 2.45) is 0 Å². The summed E-state index contributed by atoms with van der Waals surface area (Å²) < 4.78 is 25.6. The van der Waals surface area contributed by atoms with E-state index in [2.05, 4.69) is 6.92 Å². The predicted molar refractivity (Wildman–Crippen MR) is 117 cm³/mol. The molecule has 1 aromatic carbocycles. The molecule has 30 heavy (non-hydrogen) atoms. The molecule has 1 aromatic rings.